The fourth-order valence-corrected chi connectivity index (χ4v) is 2.50. The second-order valence-electron chi connectivity index (χ2n) is 4.64. The topological polar surface area (TPSA) is 46.3 Å². The summed E-state index contributed by atoms with van der Waals surface area (Å²) in [6, 6.07) is 10.4. The number of hydrogen-bond donors (Lipinski definition) is 1. The van der Waals surface area contributed by atoms with Gasteiger partial charge in [0, 0.05) is 6.54 Å². The molecule has 1 aromatic carbocycles. The predicted molar refractivity (Wildman–Crippen MR) is 68.6 cm³/mol. The first-order chi connectivity index (χ1) is 8.31. The summed E-state index contributed by atoms with van der Waals surface area (Å²) >= 11 is 0. The van der Waals surface area contributed by atoms with Crippen molar-refractivity contribution in [1.82, 2.24) is 4.90 Å². The Morgan fingerprint density at radius 3 is 2.76 bits per heavy atom. The third-order valence-corrected chi connectivity index (χ3v) is 3.41. The molecule has 1 heterocycles. The van der Waals surface area contributed by atoms with Gasteiger partial charge in [0.2, 0.25) is 0 Å². The molecule has 0 amide bonds. The van der Waals surface area contributed by atoms with Gasteiger partial charge in [-0.2, -0.15) is 0 Å². The highest BCUT2D eigenvalue weighted by Crippen LogP contribution is 2.20. The molecule has 0 bridgehead atoms. The van der Waals surface area contributed by atoms with Crippen molar-refractivity contribution in [1.29, 1.82) is 0 Å². The Morgan fingerprint density at radius 1 is 1.29 bits per heavy atom. The van der Waals surface area contributed by atoms with Crippen molar-refractivity contribution in [3.05, 3.63) is 35.9 Å². The molecule has 1 aliphatic heterocycles. The number of benzene rings is 1. The zero-order valence-electron chi connectivity index (χ0n) is 10.1. The highest BCUT2D eigenvalue weighted by atomic mass is 16.1. The lowest BCUT2D eigenvalue weighted by molar-refractivity contribution is -0.124. The van der Waals surface area contributed by atoms with Crippen LogP contribution in [0.2, 0.25) is 0 Å². The maximum atomic E-state index is 11.8. The Morgan fingerprint density at radius 2 is 2.06 bits per heavy atom. The number of nitrogens with zero attached hydrogens (tertiary/aromatic N) is 1. The predicted octanol–water partition coefficient (Wildman–Crippen LogP) is 1.57. The van der Waals surface area contributed by atoms with E-state index in [4.69, 9.17) is 5.73 Å². The van der Waals surface area contributed by atoms with Crippen LogP contribution < -0.4 is 5.73 Å². The first-order valence-electron chi connectivity index (χ1n) is 6.32. The van der Waals surface area contributed by atoms with Crippen LogP contribution in [-0.2, 0) is 11.3 Å². The Balaban J connectivity index is 2.04. The van der Waals surface area contributed by atoms with Gasteiger partial charge in [0.05, 0.1) is 12.6 Å². The quantitative estimate of drug-likeness (QED) is 0.857. The van der Waals surface area contributed by atoms with Gasteiger partial charge in [0.15, 0.2) is 5.78 Å². The molecular formula is C14H20N2O. The average Bonchev–Trinajstić information content (AvgIpc) is 2.40. The highest BCUT2D eigenvalue weighted by Gasteiger charge is 2.27. The molecule has 1 aromatic rings. The van der Waals surface area contributed by atoms with Crippen molar-refractivity contribution in [2.75, 3.05) is 13.1 Å². The number of carbonyl (C=O) groups is 1. The van der Waals surface area contributed by atoms with Gasteiger partial charge in [-0.15, -0.1) is 0 Å². The Labute approximate surface area is 103 Å². The number of carbonyl (C=O) groups excluding carboxylic acids is 1. The van der Waals surface area contributed by atoms with Crippen LogP contribution in [0.3, 0.4) is 0 Å². The SMILES string of the molecule is NCC(=O)C1CCCCN1Cc1ccccc1. The molecule has 0 saturated carbocycles. The van der Waals surface area contributed by atoms with Gasteiger partial charge in [0.1, 0.15) is 0 Å². The van der Waals surface area contributed by atoms with E-state index in [0.29, 0.717) is 0 Å². The molecule has 92 valence electrons. The first-order valence-corrected chi connectivity index (χ1v) is 6.32. The Bertz CT molecular complexity index is 364. The molecule has 1 fully saturated rings. The summed E-state index contributed by atoms with van der Waals surface area (Å²) in [5, 5.41) is 0. The van der Waals surface area contributed by atoms with Crippen LogP contribution in [0.25, 0.3) is 0 Å². The Hall–Kier alpha value is -1.19. The molecule has 3 heteroatoms. The van der Waals surface area contributed by atoms with Crippen LogP contribution in [0.15, 0.2) is 30.3 Å². The third kappa shape index (κ3) is 3.14. The molecule has 0 radical (unpaired) electrons. The minimum Gasteiger partial charge on any atom is -0.324 e. The van der Waals surface area contributed by atoms with Crippen LogP contribution in [0.1, 0.15) is 24.8 Å². The van der Waals surface area contributed by atoms with Gasteiger partial charge in [-0.1, -0.05) is 36.8 Å². The van der Waals surface area contributed by atoms with Crippen molar-refractivity contribution in [2.45, 2.75) is 31.8 Å². The maximum absolute atomic E-state index is 11.8. The van der Waals surface area contributed by atoms with E-state index in [1.54, 1.807) is 0 Å². The molecule has 3 nitrogen and oxygen atoms in total. The summed E-state index contributed by atoms with van der Waals surface area (Å²) in [6.07, 6.45) is 3.28. The van der Waals surface area contributed by atoms with E-state index in [1.807, 2.05) is 18.2 Å². The minimum atomic E-state index is 0.0361. The van der Waals surface area contributed by atoms with Gasteiger partial charge in [-0.05, 0) is 24.9 Å². The normalized spacial score (nSPS) is 21.4. The lowest BCUT2D eigenvalue weighted by atomic mass is 9.97. The molecule has 2 N–H and O–H groups in total. The summed E-state index contributed by atoms with van der Waals surface area (Å²) in [6.45, 7) is 2.03. The summed E-state index contributed by atoms with van der Waals surface area (Å²) in [5.74, 6) is 0.181. The summed E-state index contributed by atoms with van der Waals surface area (Å²) in [7, 11) is 0. The number of rotatable bonds is 4. The molecule has 1 aliphatic rings. The number of likely N-dealkylation sites (tertiary alicyclic amines) is 1. The standard InChI is InChI=1S/C14H20N2O/c15-10-14(17)13-8-4-5-9-16(13)11-12-6-2-1-3-7-12/h1-3,6-7,13H,4-5,8-11,15H2. The van der Waals surface area contributed by atoms with E-state index in [2.05, 4.69) is 17.0 Å². The smallest absolute Gasteiger partial charge is 0.163 e. The van der Waals surface area contributed by atoms with Crippen molar-refractivity contribution >= 4 is 5.78 Å². The number of piperidine rings is 1. The maximum Gasteiger partial charge on any atom is 0.163 e. The lowest BCUT2D eigenvalue weighted by Gasteiger charge is -2.34. The fraction of sp³-hybridized carbons (Fsp3) is 0.500. The zero-order valence-corrected chi connectivity index (χ0v) is 10.1. The van der Waals surface area contributed by atoms with E-state index >= 15 is 0 Å². The first kappa shape index (κ1) is 12.3. The van der Waals surface area contributed by atoms with E-state index < -0.39 is 0 Å². The van der Waals surface area contributed by atoms with Crippen LogP contribution >= 0.6 is 0 Å². The monoisotopic (exact) mass is 232 g/mol. The molecule has 1 saturated heterocycles. The van der Waals surface area contributed by atoms with Gasteiger partial charge in [0.25, 0.3) is 0 Å². The molecule has 0 aliphatic carbocycles. The van der Waals surface area contributed by atoms with Gasteiger partial charge in [-0.3, -0.25) is 9.69 Å². The summed E-state index contributed by atoms with van der Waals surface area (Å²) in [5.41, 5.74) is 6.75. The average molecular weight is 232 g/mol. The molecule has 0 aromatic heterocycles. The fourth-order valence-electron chi connectivity index (χ4n) is 2.50. The highest BCUT2D eigenvalue weighted by molar-refractivity contribution is 5.85. The molecule has 1 unspecified atom stereocenters. The Kier molecular flexibility index (Phi) is 4.29. The van der Waals surface area contributed by atoms with Crippen molar-refractivity contribution < 1.29 is 4.79 Å². The van der Waals surface area contributed by atoms with Crippen molar-refractivity contribution in [3.8, 4) is 0 Å². The molecular weight excluding hydrogens is 212 g/mol. The molecule has 17 heavy (non-hydrogen) atoms. The zero-order chi connectivity index (χ0) is 12.1. The van der Waals surface area contributed by atoms with Crippen molar-refractivity contribution in [3.63, 3.8) is 0 Å². The minimum absolute atomic E-state index is 0.0361. The third-order valence-electron chi connectivity index (χ3n) is 3.41. The number of hydrogen-bond acceptors (Lipinski definition) is 3. The molecule has 0 spiro atoms. The number of nitrogens with two attached hydrogens (primary N) is 1. The van der Waals surface area contributed by atoms with E-state index in [1.165, 1.54) is 12.0 Å². The summed E-state index contributed by atoms with van der Waals surface area (Å²) < 4.78 is 0. The number of ketones is 1. The van der Waals surface area contributed by atoms with Crippen molar-refractivity contribution in [2.24, 2.45) is 5.73 Å². The van der Waals surface area contributed by atoms with E-state index in [0.717, 1.165) is 25.9 Å². The lowest BCUT2D eigenvalue weighted by Crippen LogP contribution is -2.46. The van der Waals surface area contributed by atoms with Crippen LogP contribution in [0, 0.1) is 0 Å². The van der Waals surface area contributed by atoms with Crippen LogP contribution in [-0.4, -0.2) is 29.8 Å². The molecule has 1 atom stereocenters. The second-order valence-corrected chi connectivity index (χ2v) is 4.64. The van der Waals surface area contributed by atoms with Crippen LogP contribution in [0.4, 0.5) is 0 Å². The van der Waals surface area contributed by atoms with Gasteiger partial charge in [-0.25, -0.2) is 0 Å². The van der Waals surface area contributed by atoms with Gasteiger partial charge >= 0.3 is 0 Å². The van der Waals surface area contributed by atoms with E-state index in [9.17, 15) is 4.79 Å². The second kappa shape index (κ2) is 5.94. The molecule has 2 rings (SSSR count). The summed E-state index contributed by atoms with van der Waals surface area (Å²) in [4.78, 5) is 14.1. The van der Waals surface area contributed by atoms with Crippen LogP contribution in [0.5, 0.6) is 0 Å². The number of Topliss-reactive ketones (excluding diaryl/α,β-unsaturated/α-hetero) is 1. The van der Waals surface area contributed by atoms with E-state index in [-0.39, 0.29) is 18.4 Å². The van der Waals surface area contributed by atoms with Gasteiger partial charge < -0.3 is 5.73 Å². The largest absolute Gasteiger partial charge is 0.324 e.